The normalized spacial score (nSPS) is 12.5. The molecule has 21 heavy (non-hydrogen) atoms. The highest BCUT2D eigenvalue weighted by Gasteiger charge is 2.18. The molecule has 0 saturated heterocycles. The molecule has 6 nitrogen and oxygen atoms in total. The zero-order valence-corrected chi connectivity index (χ0v) is 13.5. The maximum absolute atomic E-state index is 13.5. The molecule has 0 aromatic heterocycles. The molecule has 0 saturated carbocycles. The topological polar surface area (TPSA) is 101 Å². The quantitative estimate of drug-likeness (QED) is 0.757. The van der Waals surface area contributed by atoms with Gasteiger partial charge < -0.3 is 11.1 Å². The van der Waals surface area contributed by atoms with E-state index < -0.39 is 27.8 Å². The van der Waals surface area contributed by atoms with E-state index in [4.69, 9.17) is 5.73 Å². The van der Waals surface area contributed by atoms with E-state index in [0.717, 1.165) is 12.3 Å². The van der Waals surface area contributed by atoms with Crippen molar-refractivity contribution in [2.75, 3.05) is 16.3 Å². The second-order valence-electron chi connectivity index (χ2n) is 4.83. The number of benzene rings is 1. The minimum absolute atomic E-state index is 0. The summed E-state index contributed by atoms with van der Waals surface area (Å²) in [4.78, 5) is 11.8. The number of nitrogens with two attached hydrogens (primary N) is 1. The van der Waals surface area contributed by atoms with E-state index in [-0.39, 0.29) is 29.7 Å². The first kappa shape index (κ1) is 19.6. The largest absolute Gasteiger partial charge is 0.325 e. The van der Waals surface area contributed by atoms with Gasteiger partial charge in [-0.3, -0.25) is 9.52 Å². The Morgan fingerprint density at radius 2 is 1.90 bits per heavy atom. The van der Waals surface area contributed by atoms with Gasteiger partial charge in [-0.2, -0.15) is 0 Å². The van der Waals surface area contributed by atoms with Gasteiger partial charge in [-0.15, -0.1) is 12.4 Å². The number of nitrogens with one attached hydrogen (secondary N) is 2. The molecule has 0 bridgehead atoms. The fourth-order valence-corrected chi connectivity index (χ4v) is 1.97. The van der Waals surface area contributed by atoms with E-state index in [9.17, 15) is 17.6 Å². The fourth-order valence-electron chi connectivity index (χ4n) is 1.41. The molecular weight excluding hydrogens is 321 g/mol. The highest BCUT2D eigenvalue weighted by Crippen LogP contribution is 2.20. The molecule has 0 fully saturated rings. The van der Waals surface area contributed by atoms with Crippen molar-refractivity contribution in [2.45, 2.75) is 19.9 Å². The highest BCUT2D eigenvalue weighted by atomic mass is 35.5. The summed E-state index contributed by atoms with van der Waals surface area (Å²) in [5, 5.41) is 2.51. The molecule has 0 aliphatic heterocycles. The minimum atomic E-state index is -3.60. The van der Waals surface area contributed by atoms with E-state index in [0.29, 0.717) is 0 Å². The monoisotopic (exact) mass is 339 g/mol. The first-order chi connectivity index (χ1) is 9.10. The Morgan fingerprint density at radius 3 is 2.38 bits per heavy atom. The Kier molecular flexibility index (Phi) is 7.08. The van der Waals surface area contributed by atoms with E-state index in [1.807, 2.05) is 4.72 Å². The fraction of sp³-hybridized carbons (Fsp3) is 0.417. The molecule has 120 valence electrons. The summed E-state index contributed by atoms with van der Waals surface area (Å²) >= 11 is 0. The average molecular weight is 340 g/mol. The van der Waals surface area contributed by atoms with Crippen molar-refractivity contribution in [2.24, 2.45) is 11.7 Å². The lowest BCUT2D eigenvalue weighted by Gasteiger charge is -2.16. The van der Waals surface area contributed by atoms with Gasteiger partial charge in [0.2, 0.25) is 15.9 Å². The summed E-state index contributed by atoms with van der Waals surface area (Å²) in [6, 6.07) is 2.88. The predicted molar refractivity (Wildman–Crippen MR) is 83.6 cm³/mol. The van der Waals surface area contributed by atoms with Gasteiger partial charge in [-0.05, 0) is 24.1 Å². The van der Waals surface area contributed by atoms with Crippen molar-refractivity contribution in [1.29, 1.82) is 0 Å². The van der Waals surface area contributed by atoms with Gasteiger partial charge in [-0.1, -0.05) is 13.8 Å². The van der Waals surface area contributed by atoms with Gasteiger partial charge in [0.05, 0.1) is 18.0 Å². The molecule has 0 spiro atoms. The highest BCUT2D eigenvalue weighted by molar-refractivity contribution is 7.92. The van der Waals surface area contributed by atoms with Gasteiger partial charge in [0.1, 0.15) is 5.82 Å². The number of anilines is 2. The maximum Gasteiger partial charge on any atom is 0.241 e. The smallest absolute Gasteiger partial charge is 0.241 e. The lowest BCUT2D eigenvalue weighted by atomic mass is 10.0. The van der Waals surface area contributed by atoms with Crippen LogP contribution in [0.2, 0.25) is 0 Å². The number of amides is 1. The summed E-state index contributed by atoms with van der Waals surface area (Å²) in [6.07, 6.45) is 0.909. The molecule has 1 amide bonds. The van der Waals surface area contributed by atoms with Crippen LogP contribution in [0.25, 0.3) is 0 Å². The maximum atomic E-state index is 13.5. The number of halogens is 2. The Hall–Kier alpha value is -1.38. The number of carbonyl (C=O) groups is 1. The van der Waals surface area contributed by atoms with Crippen LogP contribution in [0.3, 0.4) is 0 Å². The Labute approximate surface area is 129 Å². The molecule has 0 unspecified atom stereocenters. The van der Waals surface area contributed by atoms with Crippen LogP contribution in [0.15, 0.2) is 18.2 Å². The number of rotatable bonds is 5. The summed E-state index contributed by atoms with van der Waals surface area (Å²) in [7, 11) is -3.60. The van der Waals surface area contributed by atoms with Crippen molar-refractivity contribution in [3.8, 4) is 0 Å². The third-order valence-electron chi connectivity index (χ3n) is 2.55. The zero-order chi connectivity index (χ0) is 15.5. The summed E-state index contributed by atoms with van der Waals surface area (Å²) in [5.74, 6) is -1.21. The van der Waals surface area contributed by atoms with Gasteiger partial charge in [-0.25, -0.2) is 12.8 Å². The van der Waals surface area contributed by atoms with Crippen LogP contribution in [0.1, 0.15) is 13.8 Å². The van der Waals surface area contributed by atoms with Gasteiger partial charge >= 0.3 is 0 Å². The van der Waals surface area contributed by atoms with Crippen LogP contribution in [0.5, 0.6) is 0 Å². The van der Waals surface area contributed by atoms with E-state index >= 15 is 0 Å². The minimum Gasteiger partial charge on any atom is -0.325 e. The van der Waals surface area contributed by atoms with Crippen LogP contribution in [-0.2, 0) is 14.8 Å². The number of hydrogen-bond acceptors (Lipinski definition) is 4. The number of carbonyl (C=O) groups excluding carboxylic acids is 1. The summed E-state index contributed by atoms with van der Waals surface area (Å²) in [6.45, 7) is 3.59. The molecule has 1 aromatic carbocycles. The number of sulfonamides is 1. The zero-order valence-electron chi connectivity index (χ0n) is 11.9. The Morgan fingerprint density at radius 1 is 1.33 bits per heavy atom. The number of hydrogen-bond donors (Lipinski definition) is 3. The molecule has 0 aliphatic rings. The molecular formula is C12H19ClFN3O3S. The van der Waals surface area contributed by atoms with Crippen molar-refractivity contribution in [3.05, 3.63) is 24.0 Å². The second kappa shape index (κ2) is 7.58. The first-order valence-electron chi connectivity index (χ1n) is 5.94. The van der Waals surface area contributed by atoms with Gasteiger partial charge in [0, 0.05) is 5.69 Å². The average Bonchev–Trinajstić information content (AvgIpc) is 2.30. The molecule has 0 radical (unpaired) electrons. The molecule has 1 rings (SSSR count). The molecule has 1 atom stereocenters. The van der Waals surface area contributed by atoms with Crippen molar-refractivity contribution < 1.29 is 17.6 Å². The Balaban J connectivity index is 0.00000400. The van der Waals surface area contributed by atoms with Crippen LogP contribution < -0.4 is 15.8 Å². The molecule has 9 heteroatoms. The molecule has 0 heterocycles. The van der Waals surface area contributed by atoms with Gasteiger partial charge in [0.25, 0.3) is 0 Å². The van der Waals surface area contributed by atoms with E-state index in [2.05, 4.69) is 5.32 Å². The molecule has 0 aliphatic carbocycles. The molecule has 4 N–H and O–H groups in total. The summed E-state index contributed by atoms with van der Waals surface area (Å²) in [5.41, 5.74) is 5.71. The van der Waals surface area contributed by atoms with Crippen molar-refractivity contribution >= 4 is 39.7 Å². The lowest BCUT2D eigenvalue weighted by molar-refractivity contribution is -0.118. The first-order valence-corrected chi connectivity index (χ1v) is 7.83. The third kappa shape index (κ3) is 6.28. The van der Waals surface area contributed by atoms with E-state index in [1.54, 1.807) is 13.8 Å². The summed E-state index contributed by atoms with van der Waals surface area (Å²) < 4.78 is 37.7. The third-order valence-corrected chi connectivity index (χ3v) is 3.14. The van der Waals surface area contributed by atoms with Crippen molar-refractivity contribution in [1.82, 2.24) is 0 Å². The van der Waals surface area contributed by atoms with Crippen LogP contribution >= 0.6 is 12.4 Å². The van der Waals surface area contributed by atoms with Crippen LogP contribution in [0.4, 0.5) is 15.8 Å². The Bertz CT molecular complexity index is 608. The SMILES string of the molecule is CC(C)[C@@H](N)C(=O)Nc1ccc(F)c(NS(C)(=O)=O)c1.Cl. The standard InChI is InChI=1S/C12H18FN3O3S.ClH/c1-7(2)11(14)12(17)15-8-4-5-9(13)10(6-8)16-20(3,18)19;/h4-7,11,16H,14H2,1-3H3,(H,15,17);1H/t11-;/m1./s1. The van der Waals surface area contributed by atoms with Crippen LogP contribution in [0, 0.1) is 11.7 Å². The van der Waals surface area contributed by atoms with Crippen molar-refractivity contribution in [3.63, 3.8) is 0 Å². The lowest BCUT2D eigenvalue weighted by Crippen LogP contribution is -2.39. The van der Waals surface area contributed by atoms with E-state index in [1.165, 1.54) is 12.1 Å². The molecule has 1 aromatic rings. The van der Waals surface area contributed by atoms with Crippen LogP contribution in [-0.4, -0.2) is 26.6 Å². The second-order valence-corrected chi connectivity index (χ2v) is 6.58. The predicted octanol–water partition coefficient (Wildman–Crippen LogP) is 1.54. The van der Waals surface area contributed by atoms with Gasteiger partial charge in [0.15, 0.2) is 0 Å².